The highest BCUT2D eigenvalue weighted by Crippen LogP contribution is 2.31. The monoisotopic (exact) mass is 379 g/mol. The number of anilines is 1. The third kappa shape index (κ3) is 5.63. The SMILES string of the molecule is Cl.Nc1ccc2c(c1)CCCC2NC(=O)CNC(=O)CCC1CCCC1. The molecular formula is C20H30ClN3O2. The van der Waals surface area contributed by atoms with Crippen molar-refractivity contribution in [2.75, 3.05) is 12.3 Å². The summed E-state index contributed by atoms with van der Waals surface area (Å²) in [4.78, 5) is 24.1. The summed E-state index contributed by atoms with van der Waals surface area (Å²) in [5.41, 5.74) is 8.99. The minimum absolute atomic E-state index is 0. The molecule has 1 atom stereocenters. The summed E-state index contributed by atoms with van der Waals surface area (Å²) < 4.78 is 0. The Kier molecular flexibility index (Phi) is 7.76. The number of carbonyl (C=O) groups excluding carboxylic acids is 2. The number of carbonyl (C=O) groups is 2. The van der Waals surface area contributed by atoms with Gasteiger partial charge >= 0.3 is 0 Å². The van der Waals surface area contributed by atoms with Crippen LogP contribution in [0.3, 0.4) is 0 Å². The molecule has 26 heavy (non-hydrogen) atoms. The quantitative estimate of drug-likeness (QED) is 0.663. The number of fused-ring (bicyclic) bond motifs is 1. The van der Waals surface area contributed by atoms with Crippen molar-refractivity contribution in [1.82, 2.24) is 10.6 Å². The molecular weight excluding hydrogens is 350 g/mol. The zero-order valence-electron chi connectivity index (χ0n) is 15.3. The Morgan fingerprint density at radius 2 is 1.85 bits per heavy atom. The lowest BCUT2D eigenvalue weighted by atomic mass is 9.87. The first-order valence-corrected chi connectivity index (χ1v) is 9.56. The minimum Gasteiger partial charge on any atom is -0.399 e. The van der Waals surface area contributed by atoms with Gasteiger partial charge < -0.3 is 16.4 Å². The van der Waals surface area contributed by atoms with Crippen LogP contribution in [0.2, 0.25) is 0 Å². The molecule has 0 spiro atoms. The number of nitrogens with one attached hydrogen (secondary N) is 2. The molecule has 0 aromatic heterocycles. The Bertz CT molecular complexity index is 629. The van der Waals surface area contributed by atoms with Crippen LogP contribution >= 0.6 is 12.4 Å². The number of nitrogens with two attached hydrogens (primary N) is 1. The predicted octanol–water partition coefficient (Wildman–Crippen LogP) is 3.27. The maximum absolute atomic E-state index is 12.2. The fraction of sp³-hybridized carbons (Fsp3) is 0.600. The van der Waals surface area contributed by atoms with Crippen LogP contribution in [0, 0.1) is 5.92 Å². The van der Waals surface area contributed by atoms with Gasteiger partial charge in [0.1, 0.15) is 0 Å². The van der Waals surface area contributed by atoms with E-state index in [0.29, 0.717) is 12.3 Å². The Morgan fingerprint density at radius 1 is 1.08 bits per heavy atom. The van der Waals surface area contributed by atoms with Crippen molar-refractivity contribution in [3.05, 3.63) is 29.3 Å². The minimum atomic E-state index is -0.121. The number of halogens is 1. The topological polar surface area (TPSA) is 84.2 Å². The standard InChI is InChI=1S/C20H29N3O2.ClH/c21-16-9-10-17-15(12-16)6-3-7-18(17)23-20(25)13-22-19(24)11-8-14-4-1-2-5-14;/h9-10,12,14,18H,1-8,11,13,21H2,(H,22,24)(H,23,25);1H. The van der Waals surface area contributed by atoms with Gasteiger partial charge in [-0.1, -0.05) is 31.7 Å². The lowest BCUT2D eigenvalue weighted by Crippen LogP contribution is -2.39. The zero-order chi connectivity index (χ0) is 17.6. The fourth-order valence-electron chi connectivity index (χ4n) is 4.13. The molecule has 2 aliphatic carbocycles. The van der Waals surface area contributed by atoms with Gasteiger partial charge in [-0.15, -0.1) is 12.4 Å². The largest absolute Gasteiger partial charge is 0.399 e. The number of benzene rings is 1. The highest BCUT2D eigenvalue weighted by atomic mass is 35.5. The van der Waals surface area contributed by atoms with Crippen molar-refractivity contribution < 1.29 is 9.59 Å². The maximum atomic E-state index is 12.2. The van der Waals surface area contributed by atoms with E-state index >= 15 is 0 Å². The van der Waals surface area contributed by atoms with E-state index in [0.717, 1.165) is 36.9 Å². The second kappa shape index (κ2) is 9.81. The van der Waals surface area contributed by atoms with Gasteiger partial charge in [0.25, 0.3) is 0 Å². The molecule has 1 unspecified atom stereocenters. The fourth-order valence-corrected chi connectivity index (χ4v) is 4.13. The average molecular weight is 380 g/mol. The van der Waals surface area contributed by atoms with E-state index in [1.165, 1.54) is 31.2 Å². The van der Waals surface area contributed by atoms with E-state index in [4.69, 9.17) is 5.73 Å². The van der Waals surface area contributed by atoms with E-state index in [1.54, 1.807) is 0 Å². The van der Waals surface area contributed by atoms with E-state index in [1.807, 2.05) is 18.2 Å². The van der Waals surface area contributed by atoms with Crippen molar-refractivity contribution >= 4 is 29.9 Å². The number of nitrogen functional groups attached to an aromatic ring is 1. The van der Waals surface area contributed by atoms with Crippen molar-refractivity contribution in [3.8, 4) is 0 Å². The molecule has 2 aliphatic rings. The lowest BCUT2D eigenvalue weighted by Gasteiger charge is -2.26. The summed E-state index contributed by atoms with van der Waals surface area (Å²) in [5, 5.41) is 5.81. The van der Waals surface area contributed by atoms with Gasteiger partial charge in [-0.3, -0.25) is 9.59 Å². The molecule has 6 heteroatoms. The van der Waals surface area contributed by atoms with Crippen LogP contribution in [0.5, 0.6) is 0 Å². The number of hydrogen-bond acceptors (Lipinski definition) is 3. The molecule has 1 aromatic rings. The Morgan fingerprint density at radius 3 is 2.62 bits per heavy atom. The molecule has 1 fully saturated rings. The lowest BCUT2D eigenvalue weighted by molar-refractivity contribution is -0.126. The molecule has 0 radical (unpaired) electrons. The summed E-state index contributed by atoms with van der Waals surface area (Å²) in [6.07, 6.45) is 9.54. The van der Waals surface area contributed by atoms with Crippen LogP contribution in [0.4, 0.5) is 5.69 Å². The van der Waals surface area contributed by atoms with Gasteiger partial charge in [-0.05, 0) is 54.9 Å². The van der Waals surface area contributed by atoms with Crippen LogP contribution in [-0.4, -0.2) is 18.4 Å². The van der Waals surface area contributed by atoms with Gasteiger partial charge in [0.15, 0.2) is 0 Å². The molecule has 3 rings (SSSR count). The summed E-state index contributed by atoms with van der Waals surface area (Å²) in [5.74, 6) is 0.563. The normalized spacial score (nSPS) is 19.3. The molecule has 5 nitrogen and oxygen atoms in total. The maximum Gasteiger partial charge on any atom is 0.239 e. The first-order valence-electron chi connectivity index (χ1n) is 9.56. The highest BCUT2D eigenvalue weighted by molar-refractivity contribution is 5.85. The molecule has 1 aromatic carbocycles. The summed E-state index contributed by atoms with van der Waals surface area (Å²) in [6.45, 7) is 0.0598. The molecule has 4 N–H and O–H groups in total. The first-order chi connectivity index (χ1) is 12.1. The van der Waals surface area contributed by atoms with Crippen LogP contribution in [0.15, 0.2) is 18.2 Å². The zero-order valence-corrected chi connectivity index (χ0v) is 16.1. The molecule has 0 bridgehead atoms. The van der Waals surface area contributed by atoms with Gasteiger partial charge in [0.2, 0.25) is 11.8 Å². The molecule has 0 saturated heterocycles. The van der Waals surface area contributed by atoms with E-state index in [9.17, 15) is 9.59 Å². The molecule has 1 saturated carbocycles. The van der Waals surface area contributed by atoms with Crippen LogP contribution in [0.1, 0.15) is 68.5 Å². The second-order valence-corrected chi connectivity index (χ2v) is 7.44. The molecule has 0 heterocycles. The van der Waals surface area contributed by atoms with Crippen molar-refractivity contribution in [2.24, 2.45) is 5.92 Å². The third-order valence-electron chi connectivity index (χ3n) is 5.52. The molecule has 144 valence electrons. The van der Waals surface area contributed by atoms with Gasteiger partial charge in [0, 0.05) is 12.1 Å². The number of rotatable bonds is 6. The smallest absolute Gasteiger partial charge is 0.239 e. The van der Waals surface area contributed by atoms with E-state index < -0.39 is 0 Å². The number of aryl methyl sites for hydroxylation is 1. The average Bonchev–Trinajstić information content (AvgIpc) is 3.11. The van der Waals surface area contributed by atoms with Crippen LogP contribution in [0.25, 0.3) is 0 Å². The Labute approximate surface area is 161 Å². The van der Waals surface area contributed by atoms with Crippen molar-refractivity contribution in [3.63, 3.8) is 0 Å². The Hall–Kier alpha value is -1.75. The predicted molar refractivity (Wildman–Crippen MR) is 106 cm³/mol. The summed E-state index contributed by atoms with van der Waals surface area (Å²) >= 11 is 0. The third-order valence-corrected chi connectivity index (χ3v) is 5.52. The number of hydrogen-bond donors (Lipinski definition) is 3. The second-order valence-electron chi connectivity index (χ2n) is 7.44. The molecule has 0 aliphatic heterocycles. The van der Waals surface area contributed by atoms with Gasteiger partial charge in [-0.25, -0.2) is 0 Å². The van der Waals surface area contributed by atoms with E-state index in [2.05, 4.69) is 10.6 Å². The summed E-state index contributed by atoms with van der Waals surface area (Å²) in [7, 11) is 0. The van der Waals surface area contributed by atoms with Crippen molar-refractivity contribution in [2.45, 2.75) is 63.8 Å². The van der Waals surface area contributed by atoms with Crippen LogP contribution in [-0.2, 0) is 16.0 Å². The first kappa shape index (κ1) is 20.6. The highest BCUT2D eigenvalue weighted by Gasteiger charge is 2.22. The van der Waals surface area contributed by atoms with Crippen LogP contribution < -0.4 is 16.4 Å². The van der Waals surface area contributed by atoms with Gasteiger partial charge in [-0.2, -0.15) is 0 Å². The summed E-state index contributed by atoms with van der Waals surface area (Å²) in [6, 6.07) is 5.91. The molecule has 2 amide bonds. The van der Waals surface area contributed by atoms with E-state index in [-0.39, 0.29) is 36.8 Å². The van der Waals surface area contributed by atoms with Crippen molar-refractivity contribution in [1.29, 1.82) is 0 Å². The number of amides is 2. The van der Waals surface area contributed by atoms with Gasteiger partial charge in [0.05, 0.1) is 12.6 Å². The Balaban J connectivity index is 0.00000243.